The van der Waals surface area contributed by atoms with Gasteiger partial charge in [-0.15, -0.1) is 0 Å². The SMILES string of the molecule is CCCc1nc2c([N+](=O)[O-])cccc2o1. The van der Waals surface area contributed by atoms with Crippen LogP contribution in [0, 0.1) is 10.1 Å². The lowest BCUT2D eigenvalue weighted by atomic mass is 10.3. The summed E-state index contributed by atoms with van der Waals surface area (Å²) in [6.45, 7) is 2.00. The maximum absolute atomic E-state index is 10.7. The Hall–Kier alpha value is -1.91. The molecule has 0 bridgehead atoms. The zero-order valence-electron chi connectivity index (χ0n) is 8.27. The molecule has 0 unspecified atom stereocenters. The molecule has 1 aromatic carbocycles. The summed E-state index contributed by atoms with van der Waals surface area (Å²) in [5, 5.41) is 10.7. The molecule has 0 fully saturated rings. The number of aryl methyl sites for hydroxylation is 1. The molecule has 2 aromatic rings. The second kappa shape index (κ2) is 3.68. The summed E-state index contributed by atoms with van der Waals surface area (Å²) < 4.78 is 5.38. The zero-order valence-corrected chi connectivity index (χ0v) is 8.27. The first-order chi connectivity index (χ1) is 7.22. The Morgan fingerprint density at radius 2 is 2.33 bits per heavy atom. The predicted octanol–water partition coefficient (Wildman–Crippen LogP) is 2.69. The molecule has 1 heterocycles. The molecule has 5 nitrogen and oxygen atoms in total. The van der Waals surface area contributed by atoms with Gasteiger partial charge in [-0.25, -0.2) is 4.98 Å². The molecule has 78 valence electrons. The first-order valence-corrected chi connectivity index (χ1v) is 4.75. The third-order valence-corrected chi connectivity index (χ3v) is 2.10. The van der Waals surface area contributed by atoms with Crippen LogP contribution in [-0.4, -0.2) is 9.91 Å². The minimum absolute atomic E-state index is 0.00129. The van der Waals surface area contributed by atoms with Gasteiger partial charge in [0.05, 0.1) is 4.92 Å². The fraction of sp³-hybridized carbons (Fsp3) is 0.300. The van der Waals surface area contributed by atoms with Crippen molar-refractivity contribution < 1.29 is 9.34 Å². The lowest BCUT2D eigenvalue weighted by Gasteiger charge is -1.89. The minimum atomic E-state index is -0.444. The molecule has 5 heteroatoms. The predicted molar refractivity (Wildman–Crippen MR) is 54.7 cm³/mol. The maximum atomic E-state index is 10.7. The van der Waals surface area contributed by atoms with Gasteiger partial charge in [-0.2, -0.15) is 0 Å². The Kier molecular flexibility index (Phi) is 2.37. The van der Waals surface area contributed by atoms with Crippen LogP contribution in [0.1, 0.15) is 19.2 Å². The first kappa shape index (κ1) is 9.64. The molecule has 0 N–H and O–H groups in total. The van der Waals surface area contributed by atoms with Crippen molar-refractivity contribution in [1.29, 1.82) is 0 Å². The highest BCUT2D eigenvalue weighted by Gasteiger charge is 2.16. The maximum Gasteiger partial charge on any atom is 0.298 e. The third kappa shape index (κ3) is 1.68. The van der Waals surface area contributed by atoms with E-state index in [1.165, 1.54) is 6.07 Å². The molecule has 1 aromatic heterocycles. The molecular formula is C10H10N2O3. The van der Waals surface area contributed by atoms with Gasteiger partial charge < -0.3 is 4.42 Å². The molecule has 0 saturated carbocycles. The summed E-state index contributed by atoms with van der Waals surface area (Å²) in [6.07, 6.45) is 1.60. The monoisotopic (exact) mass is 206 g/mol. The van der Waals surface area contributed by atoms with E-state index in [4.69, 9.17) is 4.42 Å². The Labute approximate surface area is 85.9 Å². The van der Waals surface area contributed by atoms with Crippen LogP contribution in [0.25, 0.3) is 11.1 Å². The fourth-order valence-electron chi connectivity index (χ4n) is 1.45. The van der Waals surface area contributed by atoms with Crippen LogP contribution in [0.15, 0.2) is 22.6 Å². The molecular weight excluding hydrogens is 196 g/mol. The van der Waals surface area contributed by atoms with E-state index in [9.17, 15) is 10.1 Å². The molecule has 0 aliphatic rings. The van der Waals surface area contributed by atoms with Crippen molar-refractivity contribution in [3.63, 3.8) is 0 Å². The van der Waals surface area contributed by atoms with Crippen LogP contribution in [0.5, 0.6) is 0 Å². The van der Waals surface area contributed by atoms with Gasteiger partial charge in [0.1, 0.15) is 0 Å². The van der Waals surface area contributed by atoms with Crippen molar-refractivity contribution >= 4 is 16.8 Å². The van der Waals surface area contributed by atoms with Crippen molar-refractivity contribution in [3.8, 4) is 0 Å². The number of non-ortho nitro benzene ring substituents is 1. The van der Waals surface area contributed by atoms with E-state index in [1.54, 1.807) is 12.1 Å². The molecule has 0 aliphatic carbocycles. The number of aromatic nitrogens is 1. The number of hydrogen-bond acceptors (Lipinski definition) is 4. The van der Waals surface area contributed by atoms with E-state index >= 15 is 0 Å². The van der Waals surface area contributed by atoms with Gasteiger partial charge in [0.25, 0.3) is 5.69 Å². The number of fused-ring (bicyclic) bond motifs is 1. The quantitative estimate of drug-likeness (QED) is 0.571. The van der Waals surface area contributed by atoms with E-state index in [-0.39, 0.29) is 5.69 Å². The van der Waals surface area contributed by atoms with Crippen LogP contribution in [0.2, 0.25) is 0 Å². The number of benzene rings is 1. The summed E-state index contributed by atoms with van der Waals surface area (Å²) in [4.78, 5) is 14.4. The van der Waals surface area contributed by atoms with Crippen molar-refractivity contribution in [1.82, 2.24) is 4.98 Å². The lowest BCUT2D eigenvalue weighted by molar-refractivity contribution is -0.383. The van der Waals surface area contributed by atoms with Gasteiger partial charge in [-0.1, -0.05) is 13.0 Å². The number of nitrogens with zero attached hydrogens (tertiary/aromatic N) is 2. The van der Waals surface area contributed by atoms with Gasteiger partial charge in [-0.05, 0) is 12.5 Å². The smallest absolute Gasteiger partial charge is 0.298 e. The van der Waals surface area contributed by atoms with Crippen LogP contribution in [0.3, 0.4) is 0 Å². The van der Waals surface area contributed by atoms with Crippen LogP contribution in [-0.2, 0) is 6.42 Å². The molecule has 2 rings (SSSR count). The van der Waals surface area contributed by atoms with Crippen LogP contribution < -0.4 is 0 Å². The van der Waals surface area contributed by atoms with Crippen molar-refractivity contribution in [2.24, 2.45) is 0 Å². The number of nitro groups is 1. The molecule has 0 saturated heterocycles. The molecule has 0 aliphatic heterocycles. The van der Waals surface area contributed by atoms with E-state index in [0.29, 0.717) is 23.4 Å². The molecule has 0 radical (unpaired) electrons. The third-order valence-electron chi connectivity index (χ3n) is 2.10. The van der Waals surface area contributed by atoms with Gasteiger partial charge in [0, 0.05) is 12.5 Å². The normalized spacial score (nSPS) is 10.7. The minimum Gasteiger partial charge on any atom is -0.440 e. The van der Waals surface area contributed by atoms with E-state index < -0.39 is 4.92 Å². The van der Waals surface area contributed by atoms with Crippen molar-refractivity contribution in [3.05, 3.63) is 34.2 Å². The van der Waals surface area contributed by atoms with Gasteiger partial charge in [0.15, 0.2) is 17.0 Å². The van der Waals surface area contributed by atoms with Gasteiger partial charge in [-0.3, -0.25) is 10.1 Å². The highest BCUT2D eigenvalue weighted by Crippen LogP contribution is 2.25. The second-order valence-electron chi connectivity index (χ2n) is 3.24. The average Bonchev–Trinajstić information content (AvgIpc) is 2.59. The Morgan fingerprint density at radius 3 is 3.00 bits per heavy atom. The average molecular weight is 206 g/mol. The summed E-state index contributed by atoms with van der Waals surface area (Å²) in [7, 11) is 0. The topological polar surface area (TPSA) is 69.2 Å². The summed E-state index contributed by atoms with van der Waals surface area (Å²) in [5.41, 5.74) is 0.817. The summed E-state index contributed by atoms with van der Waals surface area (Å²) in [6, 6.07) is 4.72. The molecule has 15 heavy (non-hydrogen) atoms. The van der Waals surface area contributed by atoms with E-state index in [1.807, 2.05) is 6.92 Å². The lowest BCUT2D eigenvalue weighted by Crippen LogP contribution is -1.89. The number of rotatable bonds is 3. The van der Waals surface area contributed by atoms with Gasteiger partial charge in [0.2, 0.25) is 0 Å². The molecule has 0 atom stereocenters. The molecule has 0 spiro atoms. The van der Waals surface area contributed by atoms with E-state index in [2.05, 4.69) is 4.98 Å². The Balaban J connectivity index is 2.59. The molecule has 0 amide bonds. The summed E-state index contributed by atoms with van der Waals surface area (Å²) in [5.74, 6) is 0.557. The number of nitro benzene ring substituents is 1. The fourth-order valence-corrected chi connectivity index (χ4v) is 1.45. The van der Waals surface area contributed by atoms with E-state index in [0.717, 1.165) is 6.42 Å². The standard InChI is InChI=1S/C10H10N2O3/c1-2-4-9-11-10-7(12(13)14)5-3-6-8(10)15-9/h3,5-6H,2,4H2,1H3. The largest absolute Gasteiger partial charge is 0.440 e. The number of para-hydroxylation sites is 1. The second-order valence-corrected chi connectivity index (χ2v) is 3.24. The van der Waals surface area contributed by atoms with Crippen LogP contribution >= 0.6 is 0 Å². The Morgan fingerprint density at radius 1 is 1.53 bits per heavy atom. The van der Waals surface area contributed by atoms with Gasteiger partial charge >= 0.3 is 0 Å². The highest BCUT2D eigenvalue weighted by atomic mass is 16.6. The number of oxazole rings is 1. The number of hydrogen-bond donors (Lipinski definition) is 0. The van der Waals surface area contributed by atoms with Crippen LogP contribution in [0.4, 0.5) is 5.69 Å². The highest BCUT2D eigenvalue weighted by molar-refractivity contribution is 5.82. The van der Waals surface area contributed by atoms with Crippen molar-refractivity contribution in [2.75, 3.05) is 0 Å². The van der Waals surface area contributed by atoms with Crippen molar-refractivity contribution in [2.45, 2.75) is 19.8 Å². The Bertz CT molecular complexity index is 504. The first-order valence-electron chi connectivity index (χ1n) is 4.75. The zero-order chi connectivity index (χ0) is 10.8. The summed E-state index contributed by atoms with van der Waals surface area (Å²) >= 11 is 0.